The standard InChI is InChI=1S/C13H13N2O2.2C12H15N3.Os/c1-16-11-5-6-15-13(8-11)10-3-2-4-12(7-10)17-9-14;2*1-8-5-6-13-12(7-8)15-11(4)9(2)10(3)14-15;/h2,4-8H,9,14H2,1H3;2*5-7H,1-4H3;/q-1;;;+1. The number of nitrogens with zero attached hydrogens (tertiary/aromatic N) is 7. The molecule has 1 radical (unpaired) electrons. The van der Waals surface area contributed by atoms with Crippen molar-refractivity contribution in [3.8, 4) is 34.4 Å². The molecule has 0 unspecified atom stereocenters. The van der Waals surface area contributed by atoms with Crippen molar-refractivity contribution in [3.63, 3.8) is 0 Å². The van der Waals surface area contributed by atoms with Crippen LogP contribution >= 0.6 is 0 Å². The molecular weight excluding hydrogens is 779 g/mol. The van der Waals surface area contributed by atoms with E-state index in [1.807, 2.05) is 72.0 Å². The molecule has 1 aromatic carbocycles. The smallest absolute Gasteiger partial charge is 0.498 e. The molecule has 251 valence electrons. The molecule has 0 saturated carbocycles. The largest absolute Gasteiger partial charge is 1.00 e. The summed E-state index contributed by atoms with van der Waals surface area (Å²) in [6, 6.07) is 20.2. The molecular formula is C37H43N8O2Os. The van der Waals surface area contributed by atoms with Crippen molar-refractivity contribution in [1.29, 1.82) is 0 Å². The Balaban J connectivity index is 0.000000194. The molecule has 10 nitrogen and oxygen atoms in total. The van der Waals surface area contributed by atoms with Crippen LogP contribution in [0.2, 0.25) is 0 Å². The number of nitrogens with two attached hydrogens (primary N) is 1. The molecule has 0 aliphatic carbocycles. The van der Waals surface area contributed by atoms with Crippen LogP contribution in [-0.4, -0.2) is 48.4 Å². The summed E-state index contributed by atoms with van der Waals surface area (Å²) in [5.41, 5.74) is 16.3. The maximum atomic E-state index is 5.33. The van der Waals surface area contributed by atoms with Crippen LogP contribution < -0.4 is 15.2 Å². The van der Waals surface area contributed by atoms with Crippen molar-refractivity contribution in [1.82, 2.24) is 34.5 Å². The summed E-state index contributed by atoms with van der Waals surface area (Å²) in [4.78, 5) is 12.9. The number of rotatable bonds is 6. The van der Waals surface area contributed by atoms with Crippen LogP contribution in [0, 0.1) is 61.5 Å². The van der Waals surface area contributed by atoms with E-state index in [0.717, 1.165) is 51.4 Å². The van der Waals surface area contributed by atoms with Crippen LogP contribution in [0.3, 0.4) is 0 Å². The molecule has 0 spiro atoms. The van der Waals surface area contributed by atoms with Crippen molar-refractivity contribution in [2.24, 2.45) is 5.73 Å². The number of aromatic nitrogens is 7. The van der Waals surface area contributed by atoms with Crippen LogP contribution in [0.25, 0.3) is 22.9 Å². The van der Waals surface area contributed by atoms with Gasteiger partial charge in [0.15, 0.2) is 11.6 Å². The molecule has 0 atom stereocenters. The second kappa shape index (κ2) is 17.4. The van der Waals surface area contributed by atoms with Crippen LogP contribution in [0.1, 0.15) is 45.0 Å². The van der Waals surface area contributed by atoms with Gasteiger partial charge in [-0.2, -0.15) is 10.2 Å². The summed E-state index contributed by atoms with van der Waals surface area (Å²) in [5.74, 6) is 3.24. The molecule has 0 aliphatic rings. The number of aryl methyl sites for hydroxylation is 4. The summed E-state index contributed by atoms with van der Waals surface area (Å²) < 4.78 is 14.2. The Morgan fingerprint density at radius 3 is 1.62 bits per heavy atom. The quantitative estimate of drug-likeness (QED) is 0.143. The Hall–Kier alpha value is -4.71. The summed E-state index contributed by atoms with van der Waals surface area (Å²) in [6.45, 7) is 16.6. The van der Waals surface area contributed by atoms with Gasteiger partial charge in [-0.05, 0) is 120 Å². The van der Waals surface area contributed by atoms with E-state index in [9.17, 15) is 0 Å². The predicted octanol–water partition coefficient (Wildman–Crippen LogP) is 6.85. The van der Waals surface area contributed by atoms with E-state index in [1.54, 1.807) is 31.5 Å². The third-order valence-corrected chi connectivity index (χ3v) is 7.81. The minimum absolute atomic E-state index is 0. The monoisotopic (exact) mass is 823 g/mol. The van der Waals surface area contributed by atoms with Gasteiger partial charge >= 0.3 is 19.8 Å². The second-order valence-corrected chi connectivity index (χ2v) is 11.1. The molecule has 48 heavy (non-hydrogen) atoms. The van der Waals surface area contributed by atoms with E-state index in [4.69, 9.17) is 15.2 Å². The first-order valence-corrected chi connectivity index (χ1v) is 15.3. The maximum absolute atomic E-state index is 5.33. The summed E-state index contributed by atoms with van der Waals surface area (Å²) in [6.07, 6.45) is 5.32. The normalized spacial score (nSPS) is 10.2. The Labute approximate surface area is 296 Å². The van der Waals surface area contributed by atoms with E-state index >= 15 is 0 Å². The summed E-state index contributed by atoms with van der Waals surface area (Å²) in [5, 5.41) is 8.95. The van der Waals surface area contributed by atoms with Crippen molar-refractivity contribution >= 4 is 0 Å². The van der Waals surface area contributed by atoms with E-state index in [-0.39, 0.29) is 26.5 Å². The zero-order chi connectivity index (χ0) is 34.1. The van der Waals surface area contributed by atoms with E-state index in [2.05, 4.69) is 72.8 Å². The van der Waals surface area contributed by atoms with Gasteiger partial charge in [0.05, 0.1) is 18.5 Å². The average molecular weight is 822 g/mol. The van der Waals surface area contributed by atoms with Gasteiger partial charge in [-0.3, -0.25) is 5.73 Å². The molecule has 5 aromatic heterocycles. The fraction of sp³-hybridized carbons (Fsp3) is 0.270. The Bertz CT molecular complexity index is 1860. The van der Waals surface area contributed by atoms with Gasteiger partial charge in [-0.15, -0.1) is 29.8 Å². The molecule has 5 heterocycles. The van der Waals surface area contributed by atoms with Gasteiger partial charge in [-0.25, -0.2) is 19.3 Å². The first-order chi connectivity index (χ1) is 22.5. The molecule has 0 amide bonds. The molecule has 0 fully saturated rings. The second-order valence-electron chi connectivity index (χ2n) is 11.1. The van der Waals surface area contributed by atoms with Gasteiger partial charge in [0.1, 0.15) is 12.5 Å². The average Bonchev–Trinajstić information content (AvgIpc) is 3.49. The van der Waals surface area contributed by atoms with E-state index in [1.165, 1.54) is 22.3 Å². The Morgan fingerprint density at radius 1 is 0.667 bits per heavy atom. The fourth-order valence-corrected chi connectivity index (χ4v) is 4.62. The van der Waals surface area contributed by atoms with E-state index in [0.29, 0.717) is 5.75 Å². The van der Waals surface area contributed by atoms with Crippen LogP contribution in [0.5, 0.6) is 11.5 Å². The van der Waals surface area contributed by atoms with Crippen molar-refractivity contribution in [2.45, 2.75) is 55.4 Å². The number of benzene rings is 1. The van der Waals surface area contributed by atoms with Crippen LogP contribution in [0.4, 0.5) is 0 Å². The van der Waals surface area contributed by atoms with Crippen molar-refractivity contribution < 1.29 is 29.3 Å². The topological polar surface area (TPSA) is 119 Å². The number of hydrogen-bond donors (Lipinski definition) is 1. The number of ether oxygens (including phenoxy) is 2. The van der Waals surface area contributed by atoms with E-state index < -0.39 is 0 Å². The maximum Gasteiger partial charge on any atom is 1.00 e. The first kappa shape index (κ1) is 37.7. The van der Waals surface area contributed by atoms with Gasteiger partial charge in [0.2, 0.25) is 0 Å². The third kappa shape index (κ3) is 9.43. The van der Waals surface area contributed by atoms with Gasteiger partial charge in [0, 0.05) is 35.7 Å². The van der Waals surface area contributed by atoms with Gasteiger partial charge in [0.25, 0.3) is 0 Å². The molecule has 0 saturated heterocycles. The molecule has 6 aromatic rings. The van der Waals surface area contributed by atoms with Crippen LogP contribution in [0.15, 0.2) is 73.2 Å². The Kier molecular flexibility index (Phi) is 13.7. The van der Waals surface area contributed by atoms with Crippen LogP contribution in [-0.2, 0) is 19.8 Å². The molecule has 6 rings (SSSR count). The zero-order valence-electron chi connectivity index (χ0n) is 29.0. The van der Waals surface area contributed by atoms with Crippen molar-refractivity contribution in [2.75, 3.05) is 13.8 Å². The number of hydrogen-bond acceptors (Lipinski definition) is 8. The van der Waals surface area contributed by atoms with Gasteiger partial charge < -0.3 is 14.5 Å². The third-order valence-electron chi connectivity index (χ3n) is 7.81. The fourth-order valence-electron chi connectivity index (χ4n) is 4.62. The SMILES string of the molecule is COc1ccnc(-c2[c-]ccc(OCN)c2)c1.Cc1ccnc(-n2nc(C)c(C)c2C)c1.Cc1ccnc(-n2nc(C)c(C)c2C)c1.[Os+]. The minimum Gasteiger partial charge on any atom is -0.498 e. The molecule has 11 heteroatoms. The summed E-state index contributed by atoms with van der Waals surface area (Å²) in [7, 11) is 1.62. The first-order valence-electron chi connectivity index (χ1n) is 15.3. The molecule has 0 bridgehead atoms. The summed E-state index contributed by atoms with van der Waals surface area (Å²) >= 11 is 0. The molecule has 0 aliphatic heterocycles. The zero-order valence-corrected chi connectivity index (χ0v) is 31.6. The molecule has 2 N–H and O–H groups in total. The van der Waals surface area contributed by atoms with Gasteiger partial charge in [-0.1, -0.05) is 0 Å². The minimum atomic E-state index is 0. The Morgan fingerprint density at radius 2 is 1.19 bits per heavy atom. The van der Waals surface area contributed by atoms with Crippen molar-refractivity contribution in [3.05, 3.63) is 124 Å². The predicted molar refractivity (Wildman–Crippen MR) is 185 cm³/mol. The number of pyridine rings is 3. The number of methoxy groups -OCH3 is 1.